The number of nitrogens with zero attached hydrogens (tertiary/aromatic N) is 4. The first-order valence-electron chi connectivity index (χ1n) is 11.1. The van der Waals surface area contributed by atoms with Gasteiger partial charge in [-0.2, -0.15) is 9.65 Å². The number of rotatable bonds is 8. The SMILES string of the molecule is CC(=O)N(CC1CC1)c1ccc(-c2ccc(NC(=O)CCc3cccnc3F)cn2)cc1C#N. The van der Waals surface area contributed by atoms with E-state index in [1.54, 1.807) is 41.3 Å². The molecule has 2 amide bonds. The highest BCUT2D eigenvalue weighted by Crippen LogP contribution is 2.33. The number of anilines is 2. The highest BCUT2D eigenvalue weighted by Gasteiger charge is 2.27. The van der Waals surface area contributed by atoms with Crippen LogP contribution >= 0.6 is 0 Å². The normalized spacial score (nSPS) is 12.6. The number of aryl methyl sites for hydroxylation is 1. The first-order chi connectivity index (χ1) is 16.4. The number of pyridine rings is 2. The number of benzene rings is 1. The van der Waals surface area contributed by atoms with Crippen molar-refractivity contribution in [2.45, 2.75) is 32.6 Å². The quantitative estimate of drug-likeness (QED) is 0.503. The Morgan fingerprint density at radius 3 is 2.68 bits per heavy atom. The van der Waals surface area contributed by atoms with Crippen molar-refractivity contribution in [3.63, 3.8) is 0 Å². The van der Waals surface area contributed by atoms with Crippen molar-refractivity contribution in [3.05, 3.63) is 71.9 Å². The third-order valence-electron chi connectivity index (χ3n) is 5.73. The maximum absolute atomic E-state index is 13.6. The van der Waals surface area contributed by atoms with Gasteiger partial charge in [-0.05, 0) is 55.5 Å². The van der Waals surface area contributed by atoms with Crippen LogP contribution in [0.2, 0.25) is 0 Å². The van der Waals surface area contributed by atoms with E-state index in [1.165, 1.54) is 19.3 Å². The molecule has 1 aromatic carbocycles. The maximum atomic E-state index is 13.6. The lowest BCUT2D eigenvalue weighted by atomic mass is 10.0. The van der Waals surface area contributed by atoms with Gasteiger partial charge in [0.15, 0.2) is 0 Å². The molecule has 1 aliphatic carbocycles. The van der Waals surface area contributed by atoms with E-state index < -0.39 is 5.95 Å². The smallest absolute Gasteiger partial charge is 0.224 e. The summed E-state index contributed by atoms with van der Waals surface area (Å²) in [5.41, 5.74) is 3.30. The van der Waals surface area contributed by atoms with Crippen molar-refractivity contribution in [3.8, 4) is 17.3 Å². The minimum atomic E-state index is -0.567. The Labute approximate surface area is 197 Å². The summed E-state index contributed by atoms with van der Waals surface area (Å²) in [6.07, 6.45) is 5.48. The summed E-state index contributed by atoms with van der Waals surface area (Å²) in [5, 5.41) is 12.4. The third-order valence-corrected chi connectivity index (χ3v) is 5.73. The molecule has 0 atom stereocenters. The number of carbonyl (C=O) groups is 2. The number of hydrogen-bond donors (Lipinski definition) is 1. The molecule has 1 fully saturated rings. The molecule has 2 heterocycles. The topological polar surface area (TPSA) is 99.0 Å². The molecule has 0 saturated heterocycles. The van der Waals surface area contributed by atoms with E-state index in [1.807, 2.05) is 6.07 Å². The fourth-order valence-electron chi connectivity index (χ4n) is 3.69. The minimum absolute atomic E-state index is 0.0827. The predicted molar refractivity (Wildman–Crippen MR) is 126 cm³/mol. The molecule has 34 heavy (non-hydrogen) atoms. The van der Waals surface area contributed by atoms with Gasteiger partial charge in [-0.3, -0.25) is 14.6 Å². The molecular formula is C26H24FN5O2. The molecule has 1 saturated carbocycles. The molecule has 8 heteroatoms. The summed E-state index contributed by atoms with van der Waals surface area (Å²) in [6.45, 7) is 2.14. The highest BCUT2D eigenvalue weighted by molar-refractivity contribution is 5.93. The van der Waals surface area contributed by atoms with E-state index in [4.69, 9.17) is 0 Å². The van der Waals surface area contributed by atoms with Gasteiger partial charge in [0.25, 0.3) is 0 Å². The fourth-order valence-corrected chi connectivity index (χ4v) is 3.69. The average molecular weight is 458 g/mol. The molecule has 3 aromatic rings. The number of amides is 2. The van der Waals surface area contributed by atoms with E-state index in [9.17, 15) is 19.2 Å². The van der Waals surface area contributed by atoms with Gasteiger partial charge in [-0.15, -0.1) is 0 Å². The summed E-state index contributed by atoms with van der Waals surface area (Å²) < 4.78 is 13.6. The Balaban J connectivity index is 1.43. The van der Waals surface area contributed by atoms with Crippen molar-refractivity contribution in [1.82, 2.24) is 9.97 Å². The summed E-state index contributed by atoms with van der Waals surface area (Å²) in [7, 11) is 0. The standard InChI is InChI=1S/C26H24FN5O2/c1-17(33)32(16-18-4-5-18)24-10-6-20(13-21(24)14-28)23-9-8-22(15-30-23)31-25(34)11-7-19-3-2-12-29-26(19)27/h2-3,6,8-10,12-13,15,18H,4-5,7,11,16H2,1H3,(H,31,34). The van der Waals surface area contributed by atoms with Gasteiger partial charge in [-0.25, -0.2) is 4.98 Å². The van der Waals surface area contributed by atoms with Gasteiger partial charge in [0.1, 0.15) is 6.07 Å². The van der Waals surface area contributed by atoms with Crippen molar-refractivity contribution in [2.24, 2.45) is 5.92 Å². The van der Waals surface area contributed by atoms with Crippen LogP contribution in [0.25, 0.3) is 11.3 Å². The van der Waals surface area contributed by atoms with E-state index in [0.717, 1.165) is 18.4 Å². The molecular weight excluding hydrogens is 433 g/mol. The van der Waals surface area contributed by atoms with Crippen LogP contribution in [0.3, 0.4) is 0 Å². The Bertz CT molecular complexity index is 1250. The number of nitrogens with one attached hydrogen (secondary N) is 1. The molecule has 0 unspecified atom stereocenters. The number of nitriles is 1. The van der Waals surface area contributed by atoms with Gasteiger partial charge < -0.3 is 10.2 Å². The lowest BCUT2D eigenvalue weighted by molar-refractivity contribution is -0.117. The van der Waals surface area contributed by atoms with Crippen LogP contribution < -0.4 is 10.2 Å². The number of aromatic nitrogens is 2. The molecule has 0 radical (unpaired) electrons. The van der Waals surface area contributed by atoms with E-state index in [-0.39, 0.29) is 24.7 Å². The number of carbonyl (C=O) groups excluding carboxylic acids is 2. The van der Waals surface area contributed by atoms with Crippen LogP contribution in [0.5, 0.6) is 0 Å². The average Bonchev–Trinajstić information content (AvgIpc) is 3.66. The highest BCUT2D eigenvalue weighted by atomic mass is 19.1. The molecule has 172 valence electrons. The van der Waals surface area contributed by atoms with Gasteiger partial charge in [-0.1, -0.05) is 12.1 Å². The Morgan fingerprint density at radius 1 is 1.21 bits per heavy atom. The van der Waals surface area contributed by atoms with Crippen LogP contribution in [-0.2, 0) is 16.0 Å². The zero-order valence-corrected chi connectivity index (χ0v) is 18.8. The predicted octanol–water partition coefficient (Wildman–Crippen LogP) is 4.49. The van der Waals surface area contributed by atoms with Crippen LogP contribution in [0, 0.1) is 23.2 Å². The zero-order chi connectivity index (χ0) is 24.1. The molecule has 1 aliphatic rings. The molecule has 0 aliphatic heterocycles. The van der Waals surface area contributed by atoms with Gasteiger partial charge >= 0.3 is 0 Å². The maximum Gasteiger partial charge on any atom is 0.224 e. The number of hydrogen-bond acceptors (Lipinski definition) is 5. The van der Waals surface area contributed by atoms with Gasteiger partial charge in [0.2, 0.25) is 17.8 Å². The van der Waals surface area contributed by atoms with Crippen molar-refractivity contribution >= 4 is 23.2 Å². The molecule has 4 rings (SSSR count). The molecule has 2 aromatic heterocycles. The van der Waals surface area contributed by atoms with E-state index in [2.05, 4.69) is 21.4 Å². The van der Waals surface area contributed by atoms with Crippen LogP contribution in [0.1, 0.15) is 37.3 Å². The van der Waals surface area contributed by atoms with Gasteiger partial charge in [0.05, 0.1) is 28.8 Å². The first kappa shape index (κ1) is 23.1. The van der Waals surface area contributed by atoms with Crippen molar-refractivity contribution in [1.29, 1.82) is 5.26 Å². The largest absolute Gasteiger partial charge is 0.325 e. The molecule has 1 N–H and O–H groups in total. The second-order valence-electron chi connectivity index (χ2n) is 8.35. The van der Waals surface area contributed by atoms with E-state index in [0.29, 0.717) is 40.7 Å². The third kappa shape index (κ3) is 5.62. The summed E-state index contributed by atoms with van der Waals surface area (Å²) in [6, 6.07) is 14.2. The van der Waals surface area contributed by atoms with Crippen molar-refractivity contribution < 1.29 is 14.0 Å². The minimum Gasteiger partial charge on any atom is -0.325 e. The Kier molecular flexibility index (Phi) is 6.93. The lowest BCUT2D eigenvalue weighted by Crippen LogP contribution is -2.31. The summed E-state index contributed by atoms with van der Waals surface area (Å²) in [5.74, 6) is -0.402. The molecule has 0 bridgehead atoms. The molecule has 0 spiro atoms. The lowest BCUT2D eigenvalue weighted by Gasteiger charge is -2.22. The summed E-state index contributed by atoms with van der Waals surface area (Å²) >= 11 is 0. The number of halogens is 1. The van der Waals surface area contributed by atoms with Gasteiger partial charge in [0, 0.05) is 37.2 Å². The van der Waals surface area contributed by atoms with Crippen LogP contribution in [-0.4, -0.2) is 28.3 Å². The second-order valence-corrected chi connectivity index (χ2v) is 8.35. The summed E-state index contributed by atoms with van der Waals surface area (Å²) in [4.78, 5) is 34.0. The van der Waals surface area contributed by atoms with Crippen LogP contribution in [0.4, 0.5) is 15.8 Å². The van der Waals surface area contributed by atoms with Crippen LogP contribution in [0.15, 0.2) is 54.9 Å². The monoisotopic (exact) mass is 457 g/mol. The Morgan fingerprint density at radius 2 is 2.03 bits per heavy atom. The Hall–Kier alpha value is -4.12. The first-order valence-corrected chi connectivity index (χ1v) is 11.1. The fraction of sp³-hybridized carbons (Fsp3) is 0.269. The molecule has 7 nitrogen and oxygen atoms in total. The zero-order valence-electron chi connectivity index (χ0n) is 18.8. The van der Waals surface area contributed by atoms with Crippen molar-refractivity contribution in [2.75, 3.05) is 16.8 Å². The van der Waals surface area contributed by atoms with E-state index >= 15 is 0 Å². The second kappa shape index (κ2) is 10.2.